The Morgan fingerprint density at radius 2 is 2.06 bits per heavy atom. The fourth-order valence-electron chi connectivity index (χ4n) is 2.97. The molecule has 2 atom stereocenters. The average Bonchev–Trinajstić information content (AvgIpc) is 2.56. The standard InChI is InChI=1S/C15H30N2O/c1-14(2,3)12(8-10-16)17-13(18)11-7-6-9-15(11,4)5/h11-12H,6-10,16H2,1-5H3,(H,17,18). The maximum atomic E-state index is 12.4. The van der Waals surface area contributed by atoms with E-state index in [-0.39, 0.29) is 28.7 Å². The summed E-state index contributed by atoms with van der Waals surface area (Å²) in [5, 5.41) is 3.24. The summed E-state index contributed by atoms with van der Waals surface area (Å²) >= 11 is 0. The van der Waals surface area contributed by atoms with E-state index in [0.717, 1.165) is 19.3 Å². The first-order valence-electron chi connectivity index (χ1n) is 7.19. The second-order valence-electron chi connectivity index (χ2n) is 7.44. The van der Waals surface area contributed by atoms with Gasteiger partial charge in [-0.05, 0) is 36.6 Å². The van der Waals surface area contributed by atoms with E-state index >= 15 is 0 Å². The molecular formula is C15H30N2O. The van der Waals surface area contributed by atoms with Crippen LogP contribution in [0.3, 0.4) is 0 Å². The van der Waals surface area contributed by atoms with Gasteiger partial charge in [-0.25, -0.2) is 0 Å². The molecule has 1 amide bonds. The third-order valence-corrected chi connectivity index (χ3v) is 4.39. The Labute approximate surface area is 112 Å². The highest BCUT2D eigenvalue weighted by atomic mass is 16.2. The summed E-state index contributed by atoms with van der Waals surface area (Å²) in [5.41, 5.74) is 5.87. The largest absolute Gasteiger partial charge is 0.353 e. The SMILES string of the molecule is CC(C)(C)C(CCN)NC(=O)C1CCCC1(C)C. The van der Waals surface area contributed by atoms with E-state index in [1.54, 1.807) is 0 Å². The second kappa shape index (κ2) is 5.60. The molecule has 0 spiro atoms. The molecule has 1 aliphatic carbocycles. The molecule has 0 aromatic rings. The predicted octanol–water partition coefficient (Wildman–Crippen LogP) is 2.69. The van der Waals surface area contributed by atoms with Crippen LogP contribution >= 0.6 is 0 Å². The van der Waals surface area contributed by atoms with Crippen LogP contribution in [0.25, 0.3) is 0 Å². The van der Waals surface area contributed by atoms with Crippen LogP contribution in [-0.4, -0.2) is 18.5 Å². The van der Waals surface area contributed by atoms with Crippen LogP contribution in [0.5, 0.6) is 0 Å². The van der Waals surface area contributed by atoms with E-state index in [9.17, 15) is 4.79 Å². The van der Waals surface area contributed by atoms with Crippen molar-refractivity contribution in [3.05, 3.63) is 0 Å². The highest BCUT2D eigenvalue weighted by Gasteiger charge is 2.40. The monoisotopic (exact) mass is 254 g/mol. The van der Waals surface area contributed by atoms with Gasteiger partial charge >= 0.3 is 0 Å². The van der Waals surface area contributed by atoms with E-state index in [4.69, 9.17) is 5.73 Å². The number of carbonyl (C=O) groups is 1. The van der Waals surface area contributed by atoms with Crippen molar-refractivity contribution in [3.8, 4) is 0 Å². The molecule has 0 radical (unpaired) electrons. The Kier molecular flexibility index (Phi) is 4.82. The van der Waals surface area contributed by atoms with Gasteiger partial charge in [-0.1, -0.05) is 41.0 Å². The Hall–Kier alpha value is -0.570. The first-order valence-corrected chi connectivity index (χ1v) is 7.19. The molecule has 0 saturated heterocycles. The summed E-state index contributed by atoms with van der Waals surface area (Å²) in [7, 11) is 0. The van der Waals surface area contributed by atoms with E-state index < -0.39 is 0 Å². The van der Waals surface area contributed by atoms with Crippen LogP contribution in [0, 0.1) is 16.7 Å². The average molecular weight is 254 g/mol. The molecule has 0 aromatic carbocycles. The lowest BCUT2D eigenvalue weighted by Crippen LogP contribution is -2.48. The van der Waals surface area contributed by atoms with E-state index in [1.165, 1.54) is 6.42 Å². The summed E-state index contributed by atoms with van der Waals surface area (Å²) < 4.78 is 0. The van der Waals surface area contributed by atoms with Crippen LogP contribution in [0.1, 0.15) is 60.3 Å². The van der Waals surface area contributed by atoms with Gasteiger partial charge in [0.2, 0.25) is 5.91 Å². The maximum absolute atomic E-state index is 12.4. The number of nitrogens with one attached hydrogen (secondary N) is 1. The van der Waals surface area contributed by atoms with Crippen molar-refractivity contribution in [3.63, 3.8) is 0 Å². The molecule has 2 unspecified atom stereocenters. The van der Waals surface area contributed by atoms with Crippen LogP contribution in [0.15, 0.2) is 0 Å². The molecule has 1 rings (SSSR count). The topological polar surface area (TPSA) is 55.1 Å². The molecule has 1 aliphatic rings. The molecule has 0 bridgehead atoms. The quantitative estimate of drug-likeness (QED) is 0.810. The van der Waals surface area contributed by atoms with Gasteiger partial charge in [0.05, 0.1) is 0 Å². The van der Waals surface area contributed by atoms with Crippen molar-refractivity contribution in [2.75, 3.05) is 6.54 Å². The van der Waals surface area contributed by atoms with Gasteiger partial charge in [-0.15, -0.1) is 0 Å². The molecule has 0 aliphatic heterocycles. The first-order chi connectivity index (χ1) is 8.18. The number of hydrogen-bond donors (Lipinski definition) is 2. The molecular weight excluding hydrogens is 224 g/mol. The number of amides is 1. The smallest absolute Gasteiger partial charge is 0.223 e. The molecule has 0 heterocycles. The lowest BCUT2D eigenvalue weighted by atomic mass is 9.80. The molecule has 3 N–H and O–H groups in total. The lowest BCUT2D eigenvalue weighted by Gasteiger charge is -2.34. The van der Waals surface area contributed by atoms with E-state index in [0.29, 0.717) is 6.54 Å². The fraction of sp³-hybridized carbons (Fsp3) is 0.933. The van der Waals surface area contributed by atoms with Gasteiger partial charge in [0.15, 0.2) is 0 Å². The van der Waals surface area contributed by atoms with E-state index in [1.807, 2.05) is 0 Å². The Bertz CT molecular complexity index is 291. The van der Waals surface area contributed by atoms with Crippen molar-refractivity contribution >= 4 is 5.91 Å². The number of carbonyl (C=O) groups excluding carboxylic acids is 1. The summed E-state index contributed by atoms with van der Waals surface area (Å²) in [5.74, 6) is 0.394. The maximum Gasteiger partial charge on any atom is 0.223 e. The summed E-state index contributed by atoms with van der Waals surface area (Å²) in [6.45, 7) is 11.5. The van der Waals surface area contributed by atoms with Crippen molar-refractivity contribution in [1.82, 2.24) is 5.32 Å². The highest BCUT2D eigenvalue weighted by Crippen LogP contribution is 2.42. The van der Waals surface area contributed by atoms with E-state index in [2.05, 4.69) is 39.9 Å². The summed E-state index contributed by atoms with van der Waals surface area (Å²) in [6.07, 6.45) is 4.20. The fourth-order valence-corrected chi connectivity index (χ4v) is 2.97. The Morgan fingerprint density at radius 1 is 1.44 bits per heavy atom. The van der Waals surface area contributed by atoms with Crippen molar-refractivity contribution in [2.24, 2.45) is 22.5 Å². The van der Waals surface area contributed by atoms with Crippen molar-refractivity contribution in [1.29, 1.82) is 0 Å². The molecule has 0 aromatic heterocycles. The Balaban J connectivity index is 2.67. The summed E-state index contributed by atoms with van der Waals surface area (Å²) in [4.78, 5) is 12.4. The normalized spacial score (nSPS) is 24.9. The third-order valence-electron chi connectivity index (χ3n) is 4.39. The van der Waals surface area contributed by atoms with Gasteiger partial charge in [-0.2, -0.15) is 0 Å². The number of rotatable bonds is 4. The zero-order chi connectivity index (χ0) is 14.0. The predicted molar refractivity (Wildman–Crippen MR) is 76.2 cm³/mol. The minimum absolute atomic E-state index is 0.0672. The van der Waals surface area contributed by atoms with Gasteiger partial charge in [-0.3, -0.25) is 4.79 Å². The van der Waals surface area contributed by atoms with Crippen LogP contribution in [-0.2, 0) is 4.79 Å². The summed E-state index contributed by atoms with van der Waals surface area (Å²) in [6, 6.07) is 0.173. The van der Waals surface area contributed by atoms with Crippen LogP contribution in [0.2, 0.25) is 0 Å². The van der Waals surface area contributed by atoms with Crippen LogP contribution < -0.4 is 11.1 Å². The third kappa shape index (κ3) is 3.71. The second-order valence-corrected chi connectivity index (χ2v) is 7.44. The van der Waals surface area contributed by atoms with Crippen molar-refractivity contribution < 1.29 is 4.79 Å². The molecule has 1 saturated carbocycles. The zero-order valence-electron chi connectivity index (χ0n) is 12.7. The first kappa shape index (κ1) is 15.5. The molecule has 3 nitrogen and oxygen atoms in total. The van der Waals surface area contributed by atoms with Gasteiger partial charge in [0.25, 0.3) is 0 Å². The Morgan fingerprint density at radius 3 is 2.44 bits per heavy atom. The van der Waals surface area contributed by atoms with Crippen molar-refractivity contribution in [2.45, 2.75) is 66.3 Å². The van der Waals surface area contributed by atoms with Gasteiger partial charge in [0, 0.05) is 12.0 Å². The minimum Gasteiger partial charge on any atom is -0.353 e. The number of nitrogens with two attached hydrogens (primary N) is 1. The van der Waals surface area contributed by atoms with Gasteiger partial charge < -0.3 is 11.1 Å². The molecule has 106 valence electrons. The zero-order valence-corrected chi connectivity index (χ0v) is 12.7. The lowest BCUT2D eigenvalue weighted by molar-refractivity contribution is -0.129. The molecule has 18 heavy (non-hydrogen) atoms. The van der Waals surface area contributed by atoms with Gasteiger partial charge in [0.1, 0.15) is 0 Å². The minimum atomic E-state index is 0.0672. The molecule has 1 fully saturated rings. The highest BCUT2D eigenvalue weighted by molar-refractivity contribution is 5.80. The molecule has 3 heteroatoms. The van der Waals surface area contributed by atoms with Crippen LogP contribution in [0.4, 0.5) is 0 Å². The number of hydrogen-bond acceptors (Lipinski definition) is 2.